The van der Waals surface area contributed by atoms with Crippen LogP contribution in [0.3, 0.4) is 0 Å². The van der Waals surface area contributed by atoms with Gasteiger partial charge in [0.2, 0.25) is 11.7 Å². The second-order valence-electron chi connectivity index (χ2n) is 6.26. The molecule has 1 heterocycles. The van der Waals surface area contributed by atoms with Gasteiger partial charge in [-0.1, -0.05) is 30.3 Å². The predicted molar refractivity (Wildman–Crippen MR) is 104 cm³/mol. The molecule has 0 spiro atoms. The molecule has 0 aliphatic heterocycles. The Morgan fingerprint density at radius 3 is 2.46 bits per heavy atom. The minimum atomic E-state index is -0.573. The Bertz CT molecular complexity index is 894. The molecular weight excluding hydrogens is 358 g/mol. The third-order valence-electron chi connectivity index (χ3n) is 4.23. The maximum Gasteiger partial charge on any atom is 0.263 e. The van der Waals surface area contributed by atoms with Crippen molar-refractivity contribution in [1.82, 2.24) is 15.0 Å². The van der Waals surface area contributed by atoms with Gasteiger partial charge in [0, 0.05) is 12.6 Å². The molecule has 1 amide bonds. The molecule has 3 aromatic rings. The van der Waals surface area contributed by atoms with E-state index in [1.165, 1.54) is 4.90 Å². The van der Waals surface area contributed by atoms with E-state index in [0.717, 1.165) is 11.3 Å². The van der Waals surface area contributed by atoms with Crippen LogP contribution in [0.5, 0.6) is 11.5 Å². The average molecular weight is 381 g/mol. The van der Waals surface area contributed by atoms with E-state index in [1.54, 1.807) is 14.2 Å². The van der Waals surface area contributed by atoms with Gasteiger partial charge in [0.25, 0.3) is 5.91 Å². The maximum atomic E-state index is 12.7. The summed E-state index contributed by atoms with van der Waals surface area (Å²) in [6, 6.07) is 16.7. The van der Waals surface area contributed by atoms with Gasteiger partial charge < -0.3 is 18.9 Å². The van der Waals surface area contributed by atoms with Gasteiger partial charge in [-0.3, -0.25) is 4.79 Å². The molecule has 1 atom stereocenters. The predicted octanol–water partition coefficient (Wildman–Crippen LogP) is 3.56. The third-order valence-corrected chi connectivity index (χ3v) is 4.23. The lowest BCUT2D eigenvalue weighted by Crippen LogP contribution is -2.39. The zero-order chi connectivity index (χ0) is 19.9. The average Bonchev–Trinajstić information content (AvgIpc) is 3.20. The molecule has 0 aliphatic rings. The summed E-state index contributed by atoms with van der Waals surface area (Å²) < 4.78 is 16.3. The summed E-state index contributed by atoms with van der Waals surface area (Å²) in [5.74, 6) is 2.09. The molecule has 1 aromatic heterocycles. The van der Waals surface area contributed by atoms with Crippen LogP contribution in [0.25, 0.3) is 11.4 Å². The number of nitrogens with zero attached hydrogens (tertiary/aromatic N) is 3. The van der Waals surface area contributed by atoms with Crippen LogP contribution in [-0.4, -0.2) is 41.2 Å². The molecule has 146 valence electrons. The number of carbonyl (C=O) groups excluding carboxylic acids is 1. The summed E-state index contributed by atoms with van der Waals surface area (Å²) in [6.07, 6.45) is -0.0182. The molecule has 7 nitrogen and oxygen atoms in total. The first kappa shape index (κ1) is 19.4. The highest BCUT2D eigenvalue weighted by molar-refractivity contribution is 5.80. The molecule has 0 saturated heterocycles. The van der Waals surface area contributed by atoms with E-state index in [4.69, 9.17) is 14.0 Å². The lowest BCUT2D eigenvalue weighted by molar-refractivity contribution is -0.138. The van der Waals surface area contributed by atoms with Crippen molar-refractivity contribution >= 4 is 5.91 Å². The number of hydrogen-bond acceptors (Lipinski definition) is 6. The molecule has 3 rings (SSSR count). The fraction of sp³-hybridized carbons (Fsp3) is 0.286. The minimum Gasteiger partial charge on any atom is -0.497 e. The van der Waals surface area contributed by atoms with Gasteiger partial charge >= 0.3 is 0 Å². The van der Waals surface area contributed by atoms with Gasteiger partial charge in [0.05, 0.1) is 13.7 Å². The Balaban J connectivity index is 1.64. The number of carbonyl (C=O) groups is 1. The van der Waals surface area contributed by atoms with Crippen LogP contribution in [0, 0.1) is 0 Å². The minimum absolute atomic E-state index is 0.143. The molecule has 2 aromatic carbocycles. The Morgan fingerprint density at radius 2 is 1.82 bits per heavy atom. The van der Waals surface area contributed by atoms with Gasteiger partial charge in [-0.2, -0.15) is 4.98 Å². The highest BCUT2D eigenvalue weighted by Gasteiger charge is 2.24. The number of likely N-dealkylation sites (N-methyl/N-ethyl adjacent to an activating group) is 1. The number of para-hydroxylation sites is 1. The van der Waals surface area contributed by atoms with Gasteiger partial charge in [-0.25, -0.2) is 0 Å². The molecule has 7 heteroatoms. The summed E-state index contributed by atoms with van der Waals surface area (Å²) in [4.78, 5) is 18.6. The van der Waals surface area contributed by atoms with Gasteiger partial charge in [0.15, 0.2) is 6.10 Å². The Labute approximate surface area is 163 Å². The summed E-state index contributed by atoms with van der Waals surface area (Å²) in [5, 5.41) is 3.99. The van der Waals surface area contributed by atoms with E-state index in [1.807, 2.05) is 61.5 Å². The zero-order valence-corrected chi connectivity index (χ0v) is 16.2. The fourth-order valence-electron chi connectivity index (χ4n) is 2.67. The number of ether oxygens (including phenoxy) is 2. The number of hydrogen-bond donors (Lipinski definition) is 0. The van der Waals surface area contributed by atoms with Crippen LogP contribution in [0.2, 0.25) is 0 Å². The zero-order valence-electron chi connectivity index (χ0n) is 16.2. The smallest absolute Gasteiger partial charge is 0.263 e. The van der Waals surface area contributed by atoms with Gasteiger partial charge in [0.1, 0.15) is 11.5 Å². The topological polar surface area (TPSA) is 77.7 Å². The molecule has 0 radical (unpaired) electrons. The van der Waals surface area contributed by atoms with Gasteiger partial charge in [-0.05, 0) is 42.8 Å². The number of amides is 1. The lowest BCUT2D eigenvalue weighted by Gasteiger charge is -2.22. The summed E-state index contributed by atoms with van der Waals surface area (Å²) >= 11 is 0. The van der Waals surface area contributed by atoms with Crippen molar-refractivity contribution in [3.8, 4) is 22.9 Å². The largest absolute Gasteiger partial charge is 0.497 e. The van der Waals surface area contributed by atoms with Crippen LogP contribution < -0.4 is 9.47 Å². The van der Waals surface area contributed by atoms with Crippen LogP contribution in [0.4, 0.5) is 0 Å². The molecule has 0 aliphatic carbocycles. The van der Waals surface area contributed by atoms with Gasteiger partial charge in [-0.15, -0.1) is 0 Å². The van der Waals surface area contributed by atoms with E-state index >= 15 is 0 Å². The third kappa shape index (κ3) is 4.68. The van der Waals surface area contributed by atoms with Crippen LogP contribution in [-0.2, 0) is 11.3 Å². The molecule has 0 unspecified atom stereocenters. The van der Waals surface area contributed by atoms with Crippen LogP contribution in [0.15, 0.2) is 59.1 Å². The molecule has 28 heavy (non-hydrogen) atoms. The van der Waals surface area contributed by atoms with Crippen molar-refractivity contribution in [3.05, 3.63) is 60.5 Å². The Hall–Kier alpha value is -3.35. The first-order valence-electron chi connectivity index (χ1n) is 9.04. The van der Waals surface area contributed by atoms with Crippen molar-refractivity contribution in [2.75, 3.05) is 14.2 Å². The lowest BCUT2D eigenvalue weighted by atomic mass is 10.2. The SMILES string of the molecule is CC[C@@H](Oc1ccccc1)C(=O)N(C)Cc1nc(-c2ccc(OC)cc2)no1. The summed E-state index contributed by atoms with van der Waals surface area (Å²) in [7, 11) is 3.30. The van der Waals surface area contributed by atoms with E-state index in [0.29, 0.717) is 23.9 Å². The van der Waals surface area contributed by atoms with Crippen LogP contribution >= 0.6 is 0 Å². The number of aromatic nitrogens is 2. The first-order valence-corrected chi connectivity index (χ1v) is 9.04. The monoisotopic (exact) mass is 381 g/mol. The second kappa shape index (κ2) is 9.03. The molecule has 0 N–H and O–H groups in total. The Kier molecular flexibility index (Phi) is 6.26. The molecule has 0 fully saturated rings. The normalized spacial score (nSPS) is 11.7. The summed E-state index contributed by atoms with van der Waals surface area (Å²) in [6.45, 7) is 2.12. The standard InChI is InChI=1S/C21H23N3O4/c1-4-18(27-17-8-6-5-7-9-17)21(25)24(2)14-19-22-20(23-28-19)15-10-12-16(26-3)13-11-15/h5-13,18H,4,14H2,1-3H3/t18-/m1/s1. The highest BCUT2D eigenvalue weighted by atomic mass is 16.5. The van der Waals surface area contributed by atoms with Crippen molar-refractivity contribution in [3.63, 3.8) is 0 Å². The van der Waals surface area contributed by atoms with Crippen molar-refractivity contribution in [2.24, 2.45) is 0 Å². The van der Waals surface area contributed by atoms with E-state index < -0.39 is 6.10 Å². The van der Waals surface area contributed by atoms with E-state index in [-0.39, 0.29) is 12.5 Å². The number of benzene rings is 2. The van der Waals surface area contributed by atoms with Crippen molar-refractivity contribution < 1.29 is 18.8 Å². The molecule has 0 saturated carbocycles. The molecular formula is C21H23N3O4. The maximum absolute atomic E-state index is 12.7. The Morgan fingerprint density at radius 1 is 1.11 bits per heavy atom. The van der Waals surface area contributed by atoms with Crippen LogP contribution in [0.1, 0.15) is 19.2 Å². The van der Waals surface area contributed by atoms with E-state index in [9.17, 15) is 4.79 Å². The number of rotatable bonds is 8. The highest BCUT2D eigenvalue weighted by Crippen LogP contribution is 2.20. The first-order chi connectivity index (χ1) is 13.6. The quantitative estimate of drug-likeness (QED) is 0.594. The van der Waals surface area contributed by atoms with Crippen molar-refractivity contribution in [1.29, 1.82) is 0 Å². The van der Waals surface area contributed by atoms with Crippen molar-refractivity contribution in [2.45, 2.75) is 26.0 Å². The second-order valence-corrected chi connectivity index (χ2v) is 6.26. The van der Waals surface area contributed by atoms with E-state index in [2.05, 4.69) is 10.1 Å². The molecule has 0 bridgehead atoms. The summed E-state index contributed by atoms with van der Waals surface area (Å²) in [5.41, 5.74) is 0.809. The number of methoxy groups -OCH3 is 1. The fourth-order valence-corrected chi connectivity index (χ4v) is 2.67.